The summed E-state index contributed by atoms with van der Waals surface area (Å²) in [5.41, 5.74) is 11.7. The average molecular weight is 643 g/mol. The van der Waals surface area contributed by atoms with Gasteiger partial charge in [0.2, 0.25) is 0 Å². The Hall–Kier alpha value is -5.24. The summed E-state index contributed by atoms with van der Waals surface area (Å²) < 4.78 is 35.1. The molecule has 8 heteroatoms. The smallest absolute Gasteiger partial charge is 0.335 e. The van der Waals surface area contributed by atoms with Gasteiger partial charge in [-0.25, -0.2) is 18.4 Å². The molecule has 0 aromatic heterocycles. The van der Waals surface area contributed by atoms with Crippen molar-refractivity contribution in [1.82, 2.24) is 0 Å². The van der Waals surface area contributed by atoms with Crippen LogP contribution in [0.2, 0.25) is 0 Å². The monoisotopic (exact) mass is 642 g/mol. The van der Waals surface area contributed by atoms with E-state index in [2.05, 4.69) is 18.5 Å². The highest BCUT2D eigenvalue weighted by molar-refractivity contribution is 5.90. The number of nitrogens with two attached hydrogens (primary N) is 1. The molecule has 1 unspecified atom stereocenters. The topological polar surface area (TPSA) is 90.7 Å². The van der Waals surface area contributed by atoms with Gasteiger partial charge in [-0.2, -0.15) is 0 Å². The van der Waals surface area contributed by atoms with Crippen LogP contribution in [-0.4, -0.2) is 25.2 Å². The van der Waals surface area contributed by atoms with Crippen molar-refractivity contribution in [2.24, 2.45) is 0 Å². The molecular weight excluding hydrogens is 598 g/mol. The standard InChI is InChI=1S/C19H20FNO2.C14H18O2.C6H6FN/c1-4-23-19(22)14(3)18(15-7-5-13(2)6-8-15)21-17-11-9-16(20)10-12-17;1-5-16-14(15)12(4)11(3)13-8-6-10(2)7-9-13;7-5-1-3-6(8)4-2-5/h5-12,18,21H,3-4H2,1-2H3;6-9,11H,4-5H2,1-3H3;1-4H,8H2/t18-;;/m0../s1. The number of benzene rings is 4. The van der Waals surface area contributed by atoms with Gasteiger partial charge in [0, 0.05) is 22.9 Å². The summed E-state index contributed by atoms with van der Waals surface area (Å²) in [4.78, 5) is 23.6. The Labute approximate surface area is 276 Å². The van der Waals surface area contributed by atoms with E-state index in [0.29, 0.717) is 29.1 Å². The Morgan fingerprint density at radius 2 is 1.09 bits per heavy atom. The van der Waals surface area contributed by atoms with Gasteiger partial charge in [0.25, 0.3) is 0 Å². The highest BCUT2D eigenvalue weighted by Crippen LogP contribution is 2.27. The van der Waals surface area contributed by atoms with Crippen LogP contribution < -0.4 is 11.1 Å². The molecular formula is C39H44F2N2O4. The van der Waals surface area contributed by atoms with Crippen LogP contribution in [0.15, 0.2) is 121 Å². The van der Waals surface area contributed by atoms with E-state index in [1.165, 1.54) is 42.0 Å². The van der Waals surface area contributed by atoms with Crippen LogP contribution in [0, 0.1) is 25.5 Å². The first kappa shape index (κ1) is 37.9. The first-order chi connectivity index (χ1) is 22.4. The number of aryl methyl sites for hydroxylation is 2. The van der Waals surface area contributed by atoms with E-state index in [-0.39, 0.29) is 30.1 Å². The van der Waals surface area contributed by atoms with Crippen molar-refractivity contribution in [3.63, 3.8) is 0 Å². The molecule has 0 aliphatic rings. The predicted octanol–water partition coefficient (Wildman–Crippen LogP) is 9.03. The Kier molecular flexibility index (Phi) is 15.6. The molecule has 0 aliphatic heterocycles. The summed E-state index contributed by atoms with van der Waals surface area (Å²) >= 11 is 0. The van der Waals surface area contributed by atoms with Gasteiger partial charge in [-0.05, 0) is 87.4 Å². The van der Waals surface area contributed by atoms with Crippen LogP contribution in [0.3, 0.4) is 0 Å². The fourth-order valence-corrected chi connectivity index (χ4v) is 4.10. The van der Waals surface area contributed by atoms with Crippen LogP contribution >= 0.6 is 0 Å². The normalized spacial score (nSPS) is 11.3. The number of nitrogens with one attached hydrogen (secondary N) is 1. The van der Waals surface area contributed by atoms with Crippen molar-refractivity contribution in [3.8, 4) is 0 Å². The number of ether oxygens (including phenoxy) is 2. The fourth-order valence-electron chi connectivity index (χ4n) is 4.10. The lowest BCUT2D eigenvalue weighted by Gasteiger charge is -2.22. The predicted molar refractivity (Wildman–Crippen MR) is 186 cm³/mol. The molecule has 4 rings (SSSR count). The number of halogens is 2. The molecule has 3 N–H and O–H groups in total. The highest BCUT2D eigenvalue weighted by Gasteiger charge is 2.22. The molecule has 47 heavy (non-hydrogen) atoms. The lowest BCUT2D eigenvalue weighted by Crippen LogP contribution is -2.20. The van der Waals surface area contributed by atoms with Crippen molar-refractivity contribution < 1.29 is 27.8 Å². The molecule has 0 bridgehead atoms. The summed E-state index contributed by atoms with van der Waals surface area (Å²) in [5.74, 6) is -1.33. The van der Waals surface area contributed by atoms with Crippen LogP contribution in [-0.2, 0) is 19.1 Å². The number of rotatable bonds is 10. The molecule has 0 saturated carbocycles. The number of anilines is 2. The molecule has 0 spiro atoms. The van der Waals surface area contributed by atoms with E-state index in [1.807, 2.05) is 69.3 Å². The minimum absolute atomic E-state index is 0.000324. The Balaban J connectivity index is 0.000000275. The second-order valence-corrected chi connectivity index (χ2v) is 10.7. The first-order valence-corrected chi connectivity index (χ1v) is 15.2. The van der Waals surface area contributed by atoms with Gasteiger partial charge in [-0.3, -0.25) is 0 Å². The third kappa shape index (κ3) is 13.0. The van der Waals surface area contributed by atoms with Crippen molar-refractivity contribution in [1.29, 1.82) is 0 Å². The van der Waals surface area contributed by atoms with Gasteiger partial charge >= 0.3 is 11.9 Å². The van der Waals surface area contributed by atoms with Crippen molar-refractivity contribution in [2.75, 3.05) is 24.3 Å². The Morgan fingerprint density at radius 3 is 1.51 bits per heavy atom. The van der Waals surface area contributed by atoms with Crippen molar-refractivity contribution in [3.05, 3.63) is 155 Å². The van der Waals surface area contributed by atoms with E-state index in [1.54, 1.807) is 26.0 Å². The largest absolute Gasteiger partial charge is 0.463 e. The van der Waals surface area contributed by atoms with E-state index in [4.69, 9.17) is 15.2 Å². The van der Waals surface area contributed by atoms with Crippen LogP contribution in [0.4, 0.5) is 20.2 Å². The van der Waals surface area contributed by atoms with Crippen LogP contribution in [0.1, 0.15) is 55.0 Å². The third-order valence-corrected chi connectivity index (χ3v) is 6.96. The number of esters is 2. The van der Waals surface area contributed by atoms with Gasteiger partial charge in [-0.1, -0.05) is 79.7 Å². The molecule has 6 nitrogen and oxygen atoms in total. The molecule has 0 amide bonds. The average Bonchev–Trinajstić information content (AvgIpc) is 3.06. The Bertz CT molecular complexity index is 1560. The van der Waals surface area contributed by atoms with E-state index in [0.717, 1.165) is 16.7 Å². The summed E-state index contributed by atoms with van der Waals surface area (Å²) in [6.07, 6.45) is 0. The summed E-state index contributed by atoms with van der Waals surface area (Å²) in [7, 11) is 0. The molecule has 248 valence electrons. The molecule has 0 saturated heterocycles. The summed E-state index contributed by atoms with van der Waals surface area (Å²) in [6, 6.07) is 27.1. The third-order valence-electron chi connectivity index (χ3n) is 6.96. The molecule has 0 aliphatic carbocycles. The SMILES string of the molecule is C=C(C(=O)OCC)C(C)c1ccc(C)cc1.C=C(C(=O)OCC)[C@H](Nc1ccc(F)cc1)c1ccc(C)cc1.Nc1ccc(F)cc1. The van der Waals surface area contributed by atoms with Gasteiger partial charge in [0.15, 0.2) is 0 Å². The maximum atomic E-state index is 13.1. The molecule has 0 heterocycles. The lowest BCUT2D eigenvalue weighted by atomic mass is 9.93. The van der Waals surface area contributed by atoms with E-state index >= 15 is 0 Å². The van der Waals surface area contributed by atoms with Gasteiger partial charge in [0.1, 0.15) is 11.6 Å². The zero-order chi connectivity index (χ0) is 34.9. The number of nitrogen functional groups attached to an aromatic ring is 1. The molecule has 2 atom stereocenters. The number of hydrogen-bond acceptors (Lipinski definition) is 6. The van der Waals surface area contributed by atoms with Gasteiger partial charge in [-0.15, -0.1) is 0 Å². The molecule has 4 aromatic carbocycles. The quantitative estimate of drug-likeness (QED) is 0.102. The Morgan fingerprint density at radius 1 is 0.681 bits per heavy atom. The van der Waals surface area contributed by atoms with Crippen molar-refractivity contribution >= 4 is 23.3 Å². The molecule has 0 fully saturated rings. The maximum Gasteiger partial charge on any atom is 0.335 e. The first-order valence-electron chi connectivity index (χ1n) is 15.2. The number of hydrogen-bond donors (Lipinski definition) is 2. The van der Waals surface area contributed by atoms with Gasteiger partial charge in [0.05, 0.1) is 24.8 Å². The minimum atomic E-state index is -0.451. The lowest BCUT2D eigenvalue weighted by molar-refractivity contribution is -0.139. The van der Waals surface area contributed by atoms with Crippen molar-refractivity contribution in [2.45, 2.75) is 46.6 Å². The zero-order valence-corrected chi connectivity index (χ0v) is 27.7. The second kappa shape index (κ2) is 19.3. The summed E-state index contributed by atoms with van der Waals surface area (Å²) in [6.45, 7) is 17.9. The second-order valence-electron chi connectivity index (χ2n) is 10.7. The number of carbonyl (C=O) groups excluding carboxylic acids is 2. The van der Waals surface area contributed by atoms with E-state index in [9.17, 15) is 18.4 Å². The van der Waals surface area contributed by atoms with Crippen LogP contribution in [0.25, 0.3) is 0 Å². The maximum absolute atomic E-state index is 13.1. The number of carbonyl (C=O) groups is 2. The highest BCUT2D eigenvalue weighted by atomic mass is 19.1. The molecule has 4 aromatic rings. The minimum Gasteiger partial charge on any atom is -0.463 e. The van der Waals surface area contributed by atoms with E-state index < -0.39 is 12.0 Å². The van der Waals surface area contributed by atoms with Crippen LogP contribution in [0.5, 0.6) is 0 Å². The molecule has 0 radical (unpaired) electrons. The van der Waals surface area contributed by atoms with Gasteiger partial charge < -0.3 is 20.5 Å². The zero-order valence-electron chi connectivity index (χ0n) is 27.7. The summed E-state index contributed by atoms with van der Waals surface area (Å²) in [5, 5.41) is 3.21. The fraction of sp³-hybridized carbons (Fsp3) is 0.231.